The fraction of sp³-hybridized carbons (Fsp3) is 0.567. The van der Waals surface area contributed by atoms with Crippen molar-refractivity contribution < 1.29 is 9.53 Å². The lowest BCUT2D eigenvalue weighted by Gasteiger charge is -2.29. The summed E-state index contributed by atoms with van der Waals surface area (Å²) in [5.41, 5.74) is 5.13. The highest BCUT2D eigenvalue weighted by molar-refractivity contribution is 6.16. The van der Waals surface area contributed by atoms with Gasteiger partial charge in [0.1, 0.15) is 5.75 Å². The summed E-state index contributed by atoms with van der Waals surface area (Å²) >= 11 is 0. The SMILES string of the molecule is COc1c(C(C)(C)C)cc(C#CC2=C(C(C)(C)C)C=C(C(C)(C)C)C2=O)cc1C(C)(C)C. The molecule has 0 aromatic heterocycles. The minimum atomic E-state index is -0.212. The number of rotatable bonds is 1. The van der Waals surface area contributed by atoms with E-state index in [4.69, 9.17) is 4.74 Å². The van der Waals surface area contributed by atoms with Gasteiger partial charge in [0.05, 0.1) is 12.7 Å². The topological polar surface area (TPSA) is 26.3 Å². The average molecular weight is 435 g/mol. The van der Waals surface area contributed by atoms with E-state index in [0.717, 1.165) is 33.6 Å². The molecule has 0 fully saturated rings. The molecule has 0 spiro atoms. The van der Waals surface area contributed by atoms with Crippen LogP contribution in [0.5, 0.6) is 5.75 Å². The number of ketones is 1. The van der Waals surface area contributed by atoms with Gasteiger partial charge in [-0.1, -0.05) is 94.9 Å². The molecule has 0 saturated heterocycles. The number of benzene rings is 1. The van der Waals surface area contributed by atoms with Crippen LogP contribution >= 0.6 is 0 Å². The van der Waals surface area contributed by atoms with Crippen LogP contribution in [0.15, 0.2) is 34.9 Å². The zero-order valence-corrected chi connectivity index (χ0v) is 22.5. The number of allylic oxidation sites excluding steroid dienone is 4. The third kappa shape index (κ3) is 5.37. The molecule has 0 unspecified atom stereocenters. The van der Waals surface area contributed by atoms with E-state index < -0.39 is 0 Å². The smallest absolute Gasteiger partial charge is 0.198 e. The predicted molar refractivity (Wildman–Crippen MR) is 136 cm³/mol. The molecular weight excluding hydrogens is 392 g/mol. The average Bonchev–Trinajstić information content (AvgIpc) is 2.94. The molecule has 2 heteroatoms. The fourth-order valence-electron chi connectivity index (χ4n) is 3.98. The van der Waals surface area contributed by atoms with Crippen LogP contribution in [0.4, 0.5) is 0 Å². The molecule has 2 nitrogen and oxygen atoms in total. The Morgan fingerprint density at radius 2 is 1.16 bits per heavy atom. The quantitative estimate of drug-likeness (QED) is 0.427. The van der Waals surface area contributed by atoms with Gasteiger partial charge in [-0.05, 0) is 45.4 Å². The van der Waals surface area contributed by atoms with Crippen molar-refractivity contribution in [3.63, 3.8) is 0 Å². The standard InChI is InChI=1S/C30H42O2/c1-27(2,3)21-18-22(28(4,5)6)25(31)20(21)15-14-19-16-23(29(7,8)9)26(32-13)24(17-19)30(10,11)12/h16-18H,1-13H3. The normalized spacial score (nSPS) is 15.5. The molecule has 0 atom stereocenters. The van der Waals surface area contributed by atoms with E-state index in [-0.39, 0.29) is 27.4 Å². The molecule has 1 aliphatic carbocycles. The van der Waals surface area contributed by atoms with Crippen LogP contribution < -0.4 is 4.74 Å². The van der Waals surface area contributed by atoms with E-state index >= 15 is 0 Å². The Labute approximate surface area is 196 Å². The number of Topliss-reactive ketones (excluding diaryl/α,β-unsaturated/α-hetero) is 1. The van der Waals surface area contributed by atoms with Gasteiger partial charge in [0.15, 0.2) is 5.78 Å². The Morgan fingerprint density at radius 1 is 0.688 bits per heavy atom. The van der Waals surface area contributed by atoms with E-state index in [1.165, 1.54) is 0 Å². The van der Waals surface area contributed by atoms with Crippen LogP contribution in [-0.2, 0) is 15.6 Å². The van der Waals surface area contributed by atoms with E-state index in [2.05, 4.69) is 113 Å². The largest absolute Gasteiger partial charge is 0.496 e. The van der Waals surface area contributed by atoms with Crippen molar-refractivity contribution >= 4 is 5.78 Å². The van der Waals surface area contributed by atoms with Crippen molar-refractivity contribution in [1.82, 2.24) is 0 Å². The van der Waals surface area contributed by atoms with E-state index in [1.54, 1.807) is 7.11 Å². The summed E-state index contributed by atoms with van der Waals surface area (Å²) in [6, 6.07) is 4.24. The summed E-state index contributed by atoms with van der Waals surface area (Å²) in [6.07, 6.45) is 2.07. The second kappa shape index (κ2) is 8.26. The zero-order valence-electron chi connectivity index (χ0n) is 22.5. The Hall–Kier alpha value is -2.27. The number of carbonyl (C=O) groups excluding carboxylic acids is 1. The highest BCUT2D eigenvalue weighted by atomic mass is 16.5. The minimum Gasteiger partial charge on any atom is -0.496 e. The Bertz CT molecular complexity index is 1000. The second-order valence-electron chi connectivity index (χ2n) is 13.0. The first kappa shape index (κ1) is 26.0. The van der Waals surface area contributed by atoms with Gasteiger partial charge in [0.25, 0.3) is 0 Å². The van der Waals surface area contributed by atoms with Gasteiger partial charge in [-0.15, -0.1) is 0 Å². The van der Waals surface area contributed by atoms with Crippen LogP contribution in [0.3, 0.4) is 0 Å². The minimum absolute atomic E-state index is 0.0653. The van der Waals surface area contributed by atoms with Crippen molar-refractivity contribution in [2.75, 3.05) is 7.11 Å². The maximum Gasteiger partial charge on any atom is 0.198 e. The first-order chi connectivity index (χ1) is 14.3. The second-order valence-corrected chi connectivity index (χ2v) is 13.0. The molecule has 32 heavy (non-hydrogen) atoms. The summed E-state index contributed by atoms with van der Waals surface area (Å²) in [7, 11) is 1.74. The van der Waals surface area contributed by atoms with Crippen molar-refractivity contribution in [2.24, 2.45) is 10.8 Å². The molecule has 1 aromatic carbocycles. The van der Waals surface area contributed by atoms with Gasteiger partial charge >= 0.3 is 0 Å². The Balaban J connectivity index is 2.74. The van der Waals surface area contributed by atoms with Gasteiger partial charge in [0.2, 0.25) is 0 Å². The van der Waals surface area contributed by atoms with Gasteiger partial charge < -0.3 is 4.74 Å². The number of ether oxygens (including phenoxy) is 1. The van der Waals surface area contributed by atoms with Gasteiger partial charge in [-0.3, -0.25) is 4.79 Å². The summed E-state index contributed by atoms with van der Waals surface area (Å²) in [5, 5.41) is 0. The predicted octanol–water partition coefficient (Wildman–Crippen LogP) is 7.54. The van der Waals surface area contributed by atoms with Crippen molar-refractivity contribution in [1.29, 1.82) is 0 Å². The maximum absolute atomic E-state index is 13.3. The monoisotopic (exact) mass is 434 g/mol. The number of hydrogen-bond donors (Lipinski definition) is 0. The highest BCUT2D eigenvalue weighted by Crippen LogP contribution is 2.42. The molecule has 1 aliphatic rings. The fourth-order valence-corrected chi connectivity index (χ4v) is 3.98. The van der Waals surface area contributed by atoms with Crippen LogP contribution in [0.2, 0.25) is 0 Å². The molecule has 174 valence electrons. The Morgan fingerprint density at radius 3 is 1.50 bits per heavy atom. The molecule has 1 aromatic rings. The summed E-state index contributed by atoms with van der Waals surface area (Å²) in [5.74, 6) is 7.63. The van der Waals surface area contributed by atoms with Crippen LogP contribution in [0, 0.1) is 22.7 Å². The number of carbonyl (C=O) groups is 1. The molecular formula is C30H42O2. The molecule has 0 heterocycles. The molecule has 0 bridgehead atoms. The zero-order chi connectivity index (χ0) is 24.9. The third-order valence-electron chi connectivity index (χ3n) is 5.89. The van der Waals surface area contributed by atoms with Crippen molar-refractivity contribution in [2.45, 2.75) is 93.9 Å². The first-order valence-electron chi connectivity index (χ1n) is 11.5. The summed E-state index contributed by atoms with van der Waals surface area (Å²) in [6.45, 7) is 25.8. The summed E-state index contributed by atoms with van der Waals surface area (Å²) in [4.78, 5) is 13.3. The van der Waals surface area contributed by atoms with Crippen molar-refractivity contribution in [3.05, 3.63) is 51.6 Å². The first-order valence-corrected chi connectivity index (χ1v) is 11.5. The van der Waals surface area contributed by atoms with E-state index in [0.29, 0.717) is 5.57 Å². The lowest BCUT2D eigenvalue weighted by atomic mass is 9.78. The molecule has 2 rings (SSSR count). The van der Waals surface area contributed by atoms with Gasteiger partial charge in [-0.2, -0.15) is 0 Å². The molecule has 0 amide bonds. The van der Waals surface area contributed by atoms with E-state index in [9.17, 15) is 4.79 Å². The summed E-state index contributed by atoms with van der Waals surface area (Å²) < 4.78 is 5.87. The van der Waals surface area contributed by atoms with E-state index in [1.807, 2.05) is 0 Å². The number of methoxy groups -OCH3 is 1. The maximum atomic E-state index is 13.3. The molecule has 0 radical (unpaired) electrons. The lowest BCUT2D eigenvalue weighted by molar-refractivity contribution is -0.112. The Kier molecular flexibility index (Phi) is 6.70. The highest BCUT2D eigenvalue weighted by Gasteiger charge is 2.36. The molecule has 0 aliphatic heterocycles. The molecule has 0 N–H and O–H groups in total. The third-order valence-corrected chi connectivity index (χ3v) is 5.89. The number of hydrogen-bond acceptors (Lipinski definition) is 2. The van der Waals surface area contributed by atoms with Gasteiger partial charge in [-0.25, -0.2) is 0 Å². The van der Waals surface area contributed by atoms with Crippen LogP contribution in [-0.4, -0.2) is 12.9 Å². The lowest BCUT2D eigenvalue weighted by Crippen LogP contribution is -2.19. The molecule has 0 saturated carbocycles. The van der Waals surface area contributed by atoms with Crippen LogP contribution in [0.25, 0.3) is 0 Å². The van der Waals surface area contributed by atoms with Gasteiger partial charge in [0, 0.05) is 22.3 Å². The van der Waals surface area contributed by atoms with Crippen LogP contribution in [0.1, 0.15) is 99.8 Å². The van der Waals surface area contributed by atoms with Crippen molar-refractivity contribution in [3.8, 4) is 17.6 Å².